The van der Waals surface area contributed by atoms with Crippen LogP contribution in [0.4, 0.5) is 10.5 Å². The van der Waals surface area contributed by atoms with Gasteiger partial charge >= 0.3 is 12.1 Å². The van der Waals surface area contributed by atoms with Crippen LogP contribution in [0.2, 0.25) is 0 Å². The fourth-order valence-corrected chi connectivity index (χ4v) is 3.14. The summed E-state index contributed by atoms with van der Waals surface area (Å²) in [6.07, 6.45) is 1.79. The van der Waals surface area contributed by atoms with E-state index in [0.29, 0.717) is 23.6 Å². The Morgan fingerprint density at radius 1 is 1.13 bits per heavy atom. The Balaban J connectivity index is 2.08. The molecule has 8 nitrogen and oxygen atoms in total. The highest BCUT2D eigenvalue weighted by atomic mass is 32.2. The normalized spacial score (nSPS) is 12.1. The quantitative estimate of drug-likeness (QED) is 0.617. The lowest BCUT2D eigenvalue weighted by molar-refractivity contribution is -0.118. The number of ether oxygens (including phenoxy) is 2. The topological polar surface area (TPSA) is 102 Å². The van der Waals surface area contributed by atoms with Crippen LogP contribution in [0.15, 0.2) is 30.3 Å². The van der Waals surface area contributed by atoms with E-state index in [4.69, 9.17) is 9.47 Å². The third-order valence-electron chi connectivity index (χ3n) is 3.89. The molecule has 0 radical (unpaired) electrons. The lowest BCUT2D eigenvalue weighted by Gasteiger charge is -2.23. The van der Waals surface area contributed by atoms with Crippen molar-refractivity contribution < 1.29 is 19.1 Å². The van der Waals surface area contributed by atoms with Gasteiger partial charge in [0.1, 0.15) is 17.4 Å². The molecule has 0 aliphatic carbocycles. The molecule has 0 spiro atoms. The zero-order chi connectivity index (χ0) is 23.0. The summed E-state index contributed by atoms with van der Waals surface area (Å²) in [6, 6.07) is 8.30. The fraction of sp³-hybridized carbons (Fsp3) is 0.455. The highest BCUT2D eigenvalue weighted by Crippen LogP contribution is 2.22. The number of hydrogen-bond acceptors (Lipinski definition) is 7. The summed E-state index contributed by atoms with van der Waals surface area (Å²) in [7, 11) is 0. The molecule has 0 fully saturated rings. The summed E-state index contributed by atoms with van der Waals surface area (Å²) < 4.78 is 11.0. The summed E-state index contributed by atoms with van der Waals surface area (Å²) in [5, 5.41) is 5.49. The average Bonchev–Trinajstić information content (AvgIpc) is 2.63. The molecule has 1 heterocycles. The molecule has 31 heavy (non-hydrogen) atoms. The van der Waals surface area contributed by atoms with Gasteiger partial charge < -0.3 is 20.1 Å². The van der Waals surface area contributed by atoms with Gasteiger partial charge in [0.05, 0.1) is 0 Å². The zero-order valence-corrected chi connectivity index (χ0v) is 19.6. The summed E-state index contributed by atoms with van der Waals surface area (Å²) in [5.74, 6) is 0.865. The summed E-state index contributed by atoms with van der Waals surface area (Å²) in [4.78, 5) is 33.5. The van der Waals surface area contributed by atoms with Crippen LogP contribution in [0.3, 0.4) is 0 Å². The Labute approximate surface area is 187 Å². The molecule has 0 aliphatic rings. The Bertz CT molecular complexity index is 894. The van der Waals surface area contributed by atoms with Crippen LogP contribution in [0.1, 0.15) is 38.6 Å². The van der Waals surface area contributed by atoms with Crippen molar-refractivity contribution in [3.63, 3.8) is 0 Å². The average molecular weight is 447 g/mol. The molecule has 2 amide bonds. The van der Waals surface area contributed by atoms with E-state index >= 15 is 0 Å². The minimum atomic E-state index is -0.727. The van der Waals surface area contributed by atoms with Gasteiger partial charge in [0.25, 0.3) is 0 Å². The first kappa shape index (κ1) is 24.5. The number of aryl methyl sites for hydroxylation is 2. The maximum Gasteiger partial charge on any atom is 0.408 e. The predicted octanol–water partition coefficient (Wildman–Crippen LogP) is 4.47. The monoisotopic (exact) mass is 446 g/mol. The van der Waals surface area contributed by atoms with Crippen molar-refractivity contribution in [3.8, 4) is 11.8 Å². The molecule has 2 N–H and O–H groups in total. The van der Waals surface area contributed by atoms with Gasteiger partial charge in [-0.25, -0.2) is 14.8 Å². The minimum absolute atomic E-state index is 0.241. The maximum atomic E-state index is 12.8. The molecule has 9 heteroatoms. The first-order valence-electron chi connectivity index (χ1n) is 9.95. The number of nitrogens with zero attached hydrogens (tertiary/aromatic N) is 2. The van der Waals surface area contributed by atoms with Crippen molar-refractivity contribution in [2.75, 3.05) is 17.3 Å². The molecule has 2 aromatic rings. The van der Waals surface area contributed by atoms with Gasteiger partial charge in [-0.05, 0) is 71.2 Å². The van der Waals surface area contributed by atoms with Gasteiger partial charge in [-0.1, -0.05) is 6.07 Å². The van der Waals surface area contributed by atoms with Crippen molar-refractivity contribution >= 4 is 29.4 Å². The molecule has 1 aromatic heterocycles. The Morgan fingerprint density at radius 2 is 1.81 bits per heavy atom. The molecule has 0 aliphatic heterocycles. The first-order chi connectivity index (χ1) is 14.6. The number of carbonyl (C=O) groups is 2. The largest absolute Gasteiger partial charge is 0.444 e. The number of nitrogens with one attached hydrogen (secondary N) is 2. The number of alkyl carbamates (subject to hydrolysis) is 1. The highest BCUT2D eigenvalue weighted by Gasteiger charge is 2.24. The highest BCUT2D eigenvalue weighted by molar-refractivity contribution is 7.98. The fourth-order valence-electron chi connectivity index (χ4n) is 2.67. The van der Waals surface area contributed by atoms with E-state index in [1.807, 2.05) is 26.2 Å². The molecule has 168 valence electrons. The molecule has 1 atom stereocenters. The van der Waals surface area contributed by atoms with Gasteiger partial charge in [0, 0.05) is 23.1 Å². The van der Waals surface area contributed by atoms with E-state index in [1.165, 1.54) is 0 Å². The number of rotatable bonds is 8. The van der Waals surface area contributed by atoms with Crippen LogP contribution in [-0.4, -0.2) is 45.6 Å². The molecule has 1 unspecified atom stereocenters. The minimum Gasteiger partial charge on any atom is -0.444 e. The SMILES string of the molecule is CSCCC(NC(=O)OC(C)(C)C)C(=O)Nc1cccc(Oc2nc(C)cc(C)n2)c1. The summed E-state index contributed by atoms with van der Waals surface area (Å²) >= 11 is 1.59. The Kier molecular flexibility index (Phi) is 8.67. The van der Waals surface area contributed by atoms with Gasteiger partial charge in [-0.2, -0.15) is 11.8 Å². The van der Waals surface area contributed by atoms with Gasteiger partial charge in [0.15, 0.2) is 0 Å². The van der Waals surface area contributed by atoms with E-state index in [-0.39, 0.29) is 11.9 Å². The number of anilines is 1. The van der Waals surface area contributed by atoms with Crippen LogP contribution in [0.25, 0.3) is 0 Å². The van der Waals surface area contributed by atoms with Crippen molar-refractivity contribution in [2.24, 2.45) is 0 Å². The number of carbonyl (C=O) groups excluding carboxylic acids is 2. The van der Waals surface area contributed by atoms with E-state index in [9.17, 15) is 9.59 Å². The second kappa shape index (κ2) is 11.0. The van der Waals surface area contributed by atoms with Crippen molar-refractivity contribution in [1.29, 1.82) is 0 Å². The molecule has 0 saturated carbocycles. The van der Waals surface area contributed by atoms with E-state index in [0.717, 1.165) is 11.4 Å². The number of aromatic nitrogens is 2. The number of amides is 2. The maximum absolute atomic E-state index is 12.8. The van der Waals surface area contributed by atoms with E-state index in [2.05, 4.69) is 20.6 Å². The molecule has 2 rings (SSSR count). The van der Waals surface area contributed by atoms with Crippen molar-refractivity contribution in [2.45, 2.75) is 52.7 Å². The van der Waals surface area contributed by atoms with Crippen LogP contribution in [-0.2, 0) is 9.53 Å². The predicted molar refractivity (Wildman–Crippen MR) is 123 cm³/mol. The smallest absolute Gasteiger partial charge is 0.408 e. The van der Waals surface area contributed by atoms with Crippen LogP contribution in [0, 0.1) is 13.8 Å². The molecular formula is C22H30N4O4S. The second-order valence-corrected chi connectivity index (χ2v) is 9.02. The zero-order valence-electron chi connectivity index (χ0n) is 18.8. The van der Waals surface area contributed by atoms with Gasteiger partial charge in [-0.15, -0.1) is 0 Å². The van der Waals surface area contributed by atoms with E-state index in [1.54, 1.807) is 56.8 Å². The summed E-state index contributed by atoms with van der Waals surface area (Å²) in [5.41, 5.74) is 1.49. The van der Waals surface area contributed by atoms with Gasteiger partial charge in [0.2, 0.25) is 5.91 Å². The standard InChI is InChI=1S/C22H30N4O4S/c1-14-12-15(2)24-20(23-14)29-17-9-7-8-16(13-17)25-19(27)18(10-11-31-6)26-21(28)30-22(3,4)5/h7-9,12-13,18H,10-11H2,1-6H3,(H,25,27)(H,26,28). The molecule has 0 saturated heterocycles. The van der Waals surface area contributed by atoms with Gasteiger partial charge in [-0.3, -0.25) is 4.79 Å². The molecular weight excluding hydrogens is 416 g/mol. The lowest BCUT2D eigenvalue weighted by atomic mass is 10.2. The number of hydrogen-bond donors (Lipinski definition) is 2. The van der Waals surface area contributed by atoms with Crippen LogP contribution >= 0.6 is 11.8 Å². The number of thioether (sulfide) groups is 1. The third kappa shape index (κ3) is 8.84. The number of benzene rings is 1. The summed E-state index contributed by atoms with van der Waals surface area (Å²) in [6.45, 7) is 9.05. The second-order valence-electron chi connectivity index (χ2n) is 8.03. The Morgan fingerprint density at radius 3 is 2.42 bits per heavy atom. The van der Waals surface area contributed by atoms with Crippen LogP contribution in [0.5, 0.6) is 11.8 Å². The van der Waals surface area contributed by atoms with Crippen LogP contribution < -0.4 is 15.4 Å². The third-order valence-corrected chi connectivity index (χ3v) is 4.53. The molecule has 0 bridgehead atoms. The molecule has 1 aromatic carbocycles. The first-order valence-corrected chi connectivity index (χ1v) is 11.3. The lowest BCUT2D eigenvalue weighted by Crippen LogP contribution is -2.46. The van der Waals surface area contributed by atoms with Crippen molar-refractivity contribution in [1.82, 2.24) is 15.3 Å². The Hall–Kier alpha value is -2.81. The van der Waals surface area contributed by atoms with Crippen molar-refractivity contribution in [3.05, 3.63) is 41.7 Å². The van der Waals surface area contributed by atoms with E-state index < -0.39 is 17.7 Å².